The van der Waals surface area contributed by atoms with Crippen LogP contribution >= 0.6 is 7.60 Å². The van der Waals surface area contributed by atoms with Crippen LogP contribution in [0.4, 0.5) is 0 Å². The van der Waals surface area contributed by atoms with Crippen molar-refractivity contribution >= 4 is 7.60 Å². The first-order valence-corrected chi connectivity index (χ1v) is 10.5. The number of aliphatic hydroxyl groups excluding tert-OH is 2. The van der Waals surface area contributed by atoms with E-state index in [1.54, 1.807) is 0 Å². The molecule has 0 bridgehead atoms. The second-order valence-corrected chi connectivity index (χ2v) is 9.48. The molecular weight excluding hydrogens is 395 g/mol. The molecule has 0 aliphatic carbocycles. The van der Waals surface area contributed by atoms with Gasteiger partial charge < -0.3 is 29.5 Å². The van der Waals surface area contributed by atoms with Gasteiger partial charge in [0, 0.05) is 18.2 Å². The van der Waals surface area contributed by atoms with Crippen molar-refractivity contribution in [3.8, 4) is 0 Å². The Labute approximate surface area is 161 Å². The molecule has 5 N–H and O–H groups in total. The summed E-state index contributed by atoms with van der Waals surface area (Å²) >= 11 is 0. The first-order valence-electron chi connectivity index (χ1n) is 8.88. The van der Waals surface area contributed by atoms with E-state index in [-0.39, 0.29) is 18.4 Å². The predicted molar refractivity (Wildman–Crippen MR) is 97.9 cm³/mol. The summed E-state index contributed by atoms with van der Waals surface area (Å²) in [7, 11) is -4.38. The summed E-state index contributed by atoms with van der Waals surface area (Å²) in [6.45, 7) is 5.65. The Morgan fingerprint density at radius 2 is 2.00 bits per heavy atom. The van der Waals surface area contributed by atoms with E-state index < -0.39 is 54.8 Å². The van der Waals surface area contributed by atoms with Crippen molar-refractivity contribution in [2.75, 3.05) is 0 Å². The monoisotopic (exact) mass is 422 g/mol. The lowest BCUT2D eigenvalue weighted by atomic mass is 10.1. The maximum absolute atomic E-state index is 12.2. The summed E-state index contributed by atoms with van der Waals surface area (Å²) in [5.41, 5.74) is -1.17. The molecule has 1 aromatic rings. The molecule has 0 spiro atoms. The van der Waals surface area contributed by atoms with Gasteiger partial charge in [0.1, 0.15) is 12.2 Å². The molecule has 28 heavy (non-hydrogen) atoms. The van der Waals surface area contributed by atoms with Crippen LogP contribution in [0.3, 0.4) is 0 Å². The Balaban J connectivity index is 2.15. The molecule has 0 saturated carbocycles. The van der Waals surface area contributed by atoms with E-state index in [1.165, 1.54) is 33.9 Å². The quantitative estimate of drug-likeness (QED) is 0.365. The Bertz CT molecular complexity index is 864. The lowest BCUT2D eigenvalue weighted by Gasteiger charge is -2.30. The van der Waals surface area contributed by atoms with Crippen molar-refractivity contribution in [1.82, 2.24) is 9.55 Å². The van der Waals surface area contributed by atoms with Crippen LogP contribution in [0.15, 0.2) is 15.8 Å². The van der Waals surface area contributed by atoms with Gasteiger partial charge in [0.15, 0.2) is 11.6 Å². The summed E-state index contributed by atoms with van der Waals surface area (Å²) < 4.78 is 23.9. The van der Waals surface area contributed by atoms with Gasteiger partial charge in [-0.1, -0.05) is 6.92 Å². The minimum absolute atomic E-state index is 0.00861. The zero-order valence-corrected chi connectivity index (χ0v) is 17.0. The number of hydrogen-bond donors (Lipinski definition) is 5. The van der Waals surface area contributed by atoms with Gasteiger partial charge in [-0.25, -0.2) is 4.79 Å². The maximum Gasteiger partial charge on any atom is 0.359 e. The zero-order valence-electron chi connectivity index (χ0n) is 16.1. The summed E-state index contributed by atoms with van der Waals surface area (Å²) in [6, 6.07) is 0. The van der Waals surface area contributed by atoms with Crippen molar-refractivity contribution in [3.05, 3.63) is 32.6 Å². The van der Waals surface area contributed by atoms with Crippen molar-refractivity contribution in [2.24, 2.45) is 0 Å². The van der Waals surface area contributed by atoms with E-state index in [0.29, 0.717) is 0 Å². The lowest BCUT2D eigenvalue weighted by Crippen LogP contribution is -2.38. The molecule has 7 atom stereocenters. The second kappa shape index (κ2) is 8.19. The van der Waals surface area contributed by atoms with E-state index in [4.69, 9.17) is 9.26 Å². The van der Waals surface area contributed by atoms with Crippen LogP contribution in [-0.2, 0) is 13.8 Å². The fourth-order valence-electron chi connectivity index (χ4n) is 2.86. The first kappa shape index (κ1) is 23.0. The number of nitrogens with zero attached hydrogens (tertiary/aromatic N) is 1. The fourth-order valence-corrected chi connectivity index (χ4v) is 4.06. The summed E-state index contributed by atoms with van der Waals surface area (Å²) in [6.07, 6.45) is -4.93. The van der Waals surface area contributed by atoms with Crippen molar-refractivity contribution in [3.63, 3.8) is 0 Å². The molecule has 1 aromatic heterocycles. The number of ether oxygens (including phenoxy) is 1. The molecule has 0 amide bonds. The zero-order chi connectivity index (χ0) is 21.4. The lowest BCUT2D eigenvalue weighted by molar-refractivity contribution is -0.0512. The third-order valence-electron chi connectivity index (χ3n) is 4.92. The average Bonchev–Trinajstić information content (AvgIpc) is 2.85. The Morgan fingerprint density at radius 1 is 1.39 bits per heavy atom. The van der Waals surface area contributed by atoms with Crippen molar-refractivity contribution in [1.29, 1.82) is 0 Å². The molecule has 3 unspecified atom stereocenters. The molecule has 2 heterocycles. The Morgan fingerprint density at radius 3 is 2.57 bits per heavy atom. The molecule has 1 saturated heterocycles. The Hall–Kier alpha value is -1.33. The highest BCUT2D eigenvalue weighted by atomic mass is 31.2. The van der Waals surface area contributed by atoms with Crippen LogP contribution in [0.25, 0.3) is 0 Å². The van der Waals surface area contributed by atoms with Crippen LogP contribution in [0.5, 0.6) is 0 Å². The van der Waals surface area contributed by atoms with Crippen LogP contribution < -0.4 is 11.2 Å². The minimum atomic E-state index is -4.38. The van der Waals surface area contributed by atoms with Gasteiger partial charge in [0.2, 0.25) is 0 Å². The molecular formula is C16H27N2O9P. The van der Waals surface area contributed by atoms with Crippen LogP contribution in [0.2, 0.25) is 0 Å². The number of aryl methyl sites for hydroxylation is 1. The fraction of sp³-hybridized carbons (Fsp3) is 0.750. The van der Waals surface area contributed by atoms with Gasteiger partial charge >= 0.3 is 13.3 Å². The molecule has 1 aliphatic rings. The molecule has 1 aliphatic heterocycles. The number of nitrogens with one attached hydrogen (secondary N) is 1. The molecule has 1 fully saturated rings. The molecule has 0 radical (unpaired) electrons. The van der Waals surface area contributed by atoms with Gasteiger partial charge in [-0.3, -0.25) is 18.9 Å². The van der Waals surface area contributed by atoms with Gasteiger partial charge in [-0.2, -0.15) is 0 Å². The molecule has 160 valence electrons. The normalized spacial score (nSPS) is 30.6. The number of aromatic amines is 1. The Kier molecular flexibility index (Phi) is 6.72. The number of H-pyrrole nitrogens is 1. The van der Waals surface area contributed by atoms with Gasteiger partial charge in [0.25, 0.3) is 5.56 Å². The van der Waals surface area contributed by atoms with E-state index >= 15 is 0 Å². The van der Waals surface area contributed by atoms with Gasteiger partial charge in [0.05, 0.1) is 12.2 Å². The highest BCUT2D eigenvalue weighted by molar-refractivity contribution is 7.54. The highest BCUT2D eigenvalue weighted by Crippen LogP contribution is 2.56. The first-order chi connectivity index (χ1) is 12.8. The van der Waals surface area contributed by atoms with E-state index in [0.717, 1.165) is 4.57 Å². The van der Waals surface area contributed by atoms with Gasteiger partial charge in [-0.15, -0.1) is 0 Å². The summed E-state index contributed by atoms with van der Waals surface area (Å²) in [4.78, 5) is 35.6. The molecule has 2 rings (SSSR count). The second-order valence-electron chi connectivity index (χ2n) is 7.27. The number of rotatable bonds is 7. The summed E-state index contributed by atoms with van der Waals surface area (Å²) in [5, 5.41) is 28.6. The van der Waals surface area contributed by atoms with Crippen molar-refractivity contribution in [2.45, 2.75) is 76.5 Å². The van der Waals surface area contributed by atoms with E-state index in [1.807, 2.05) is 0 Å². The third-order valence-corrected chi connectivity index (χ3v) is 7.10. The predicted octanol–water partition coefficient (Wildman–Crippen LogP) is -0.437. The van der Waals surface area contributed by atoms with E-state index in [2.05, 4.69) is 4.98 Å². The molecule has 12 heteroatoms. The molecule has 11 nitrogen and oxygen atoms in total. The van der Waals surface area contributed by atoms with Crippen LogP contribution in [0, 0.1) is 6.92 Å². The topological polar surface area (TPSA) is 171 Å². The largest absolute Gasteiger partial charge is 0.388 e. The smallest absolute Gasteiger partial charge is 0.359 e. The number of aromatic nitrogens is 2. The average molecular weight is 422 g/mol. The highest BCUT2D eigenvalue weighted by Gasteiger charge is 2.47. The van der Waals surface area contributed by atoms with E-state index in [9.17, 15) is 34.4 Å². The van der Waals surface area contributed by atoms with Crippen LogP contribution in [0.1, 0.15) is 45.4 Å². The standard InChI is InChI=1S/C16H27N2O9P/c1-5-16(4,23)28(24,25)27-9(3)6-10-11(19)12(20)14(26-10)18-7-8(2)13(21)17-15(18)22/h7,9-12,14,19-20,23H,5-6H2,1-4H3,(H,24,25)(H,17,21,22)/t9?,10-,11-,12-,14-,16?/m1/s1. The molecule has 0 aromatic carbocycles. The minimum Gasteiger partial charge on any atom is -0.388 e. The van der Waals surface area contributed by atoms with Crippen molar-refractivity contribution < 1.29 is 34.0 Å². The number of hydrogen-bond acceptors (Lipinski definition) is 8. The number of aliphatic hydroxyl groups is 3. The maximum atomic E-state index is 12.2. The SMILES string of the molecule is CCC(C)(O)P(=O)(O)OC(C)C[C@H]1O[C@@H](n2cc(C)c(=O)[nH]c2=O)[C@H](O)[C@@H]1O. The summed E-state index contributed by atoms with van der Waals surface area (Å²) in [5.74, 6) is 0. The van der Waals surface area contributed by atoms with Crippen LogP contribution in [-0.4, -0.2) is 59.5 Å². The van der Waals surface area contributed by atoms with Gasteiger partial charge in [-0.05, 0) is 27.2 Å². The third kappa shape index (κ3) is 4.46.